The fourth-order valence-corrected chi connectivity index (χ4v) is 0.497. The van der Waals surface area contributed by atoms with Gasteiger partial charge in [0.1, 0.15) is 12.4 Å². The van der Waals surface area contributed by atoms with Crippen molar-refractivity contribution in [3.63, 3.8) is 0 Å². The van der Waals surface area contributed by atoms with Gasteiger partial charge < -0.3 is 14.4 Å². The second kappa shape index (κ2) is 8.22. The molecule has 0 aromatic heterocycles. The molecule has 0 radical (unpaired) electrons. The van der Waals surface area contributed by atoms with Gasteiger partial charge in [-0.1, -0.05) is 7.60 Å². The van der Waals surface area contributed by atoms with Crippen molar-refractivity contribution in [3.8, 4) is 0 Å². The van der Waals surface area contributed by atoms with E-state index < -0.39 is 7.60 Å². The summed E-state index contributed by atoms with van der Waals surface area (Å²) in [5.74, 6) is 0. The fraction of sp³-hybridized carbons (Fsp3) is 0.143. The number of nitrogens with two attached hydrogens (primary N) is 2. The van der Waals surface area contributed by atoms with Gasteiger partial charge in [0.05, 0.1) is 12.4 Å². The van der Waals surface area contributed by atoms with Crippen molar-refractivity contribution in [2.75, 3.05) is 6.66 Å². The molecule has 0 saturated heterocycles. The Morgan fingerprint density at radius 1 is 1.07 bits per heavy atom. The lowest BCUT2D eigenvalue weighted by molar-refractivity contribution is -0.447. The summed E-state index contributed by atoms with van der Waals surface area (Å²) in [6.45, 7) is 0.632. The number of quaternary nitrogens is 2. The zero-order chi connectivity index (χ0) is 11.6. The molecular weight excluding hydrogens is 219 g/mol. The van der Waals surface area contributed by atoms with Gasteiger partial charge in [0.15, 0.2) is 12.7 Å². The fourth-order valence-electron chi connectivity index (χ4n) is 0.497. The standard InChI is InChI=1S/2C3H4N2.CH5O3P/c2*1-2-5-3-4-1;1-5(2,3)4/h2*1-3H,(H,4,5);1H3,(H2,2,3,4). The van der Waals surface area contributed by atoms with E-state index in [1.807, 2.05) is 23.0 Å². The van der Waals surface area contributed by atoms with Gasteiger partial charge in [0, 0.05) is 0 Å². The van der Waals surface area contributed by atoms with Crippen LogP contribution in [0.1, 0.15) is 0 Å². The molecule has 0 unspecified atom stereocenters. The number of rotatable bonds is 0. The highest BCUT2D eigenvalue weighted by molar-refractivity contribution is 7.47. The van der Waals surface area contributed by atoms with Crippen LogP contribution in [0.3, 0.4) is 0 Å². The maximum Gasteiger partial charge on any atom is 0.191 e. The molecule has 2 aliphatic heterocycles. The highest BCUT2D eigenvalue weighted by atomic mass is 31.2. The van der Waals surface area contributed by atoms with Crippen LogP contribution < -0.4 is 20.4 Å². The monoisotopic (exact) mass is 232 g/mol. The molecule has 2 heterocycles. The topological polar surface area (TPSA) is 121 Å². The first-order valence-corrected chi connectivity index (χ1v) is 6.02. The molecule has 7 nitrogen and oxygen atoms in total. The largest absolute Gasteiger partial charge is 0.811 e. The van der Waals surface area contributed by atoms with Gasteiger partial charge in [-0.3, -0.25) is 10.6 Å². The third kappa shape index (κ3) is 19.3. The van der Waals surface area contributed by atoms with Crippen LogP contribution in [0.25, 0.3) is 0 Å². The van der Waals surface area contributed by atoms with Crippen LogP contribution in [0.15, 0.2) is 34.8 Å². The first-order chi connectivity index (χ1) is 7.00. The van der Waals surface area contributed by atoms with Crippen LogP contribution in [0.4, 0.5) is 0 Å². The Balaban J connectivity index is 0.000000196. The summed E-state index contributed by atoms with van der Waals surface area (Å²) in [6, 6.07) is 0. The Morgan fingerprint density at radius 3 is 1.47 bits per heavy atom. The number of aliphatic imine (C=N–C) groups is 2. The van der Waals surface area contributed by atoms with E-state index in [-0.39, 0.29) is 0 Å². The predicted molar refractivity (Wildman–Crippen MR) is 52.6 cm³/mol. The molecule has 0 amide bonds. The third-order valence-corrected chi connectivity index (χ3v) is 0.911. The van der Waals surface area contributed by atoms with Crippen LogP contribution in [-0.2, 0) is 4.57 Å². The third-order valence-electron chi connectivity index (χ3n) is 0.911. The van der Waals surface area contributed by atoms with Gasteiger partial charge in [0.2, 0.25) is 0 Å². The van der Waals surface area contributed by atoms with Crippen LogP contribution >= 0.6 is 7.60 Å². The maximum atomic E-state index is 9.10. The lowest BCUT2D eigenvalue weighted by Gasteiger charge is -2.22. The molecule has 0 saturated carbocycles. The highest BCUT2D eigenvalue weighted by Gasteiger charge is 1.76. The van der Waals surface area contributed by atoms with E-state index in [0.717, 1.165) is 0 Å². The van der Waals surface area contributed by atoms with Gasteiger partial charge in [-0.15, -0.1) is 0 Å². The summed E-state index contributed by atoms with van der Waals surface area (Å²) in [6.07, 6.45) is 10.8. The molecule has 8 heteroatoms. The Hall–Kier alpha value is -1.11. The van der Waals surface area contributed by atoms with Crippen LogP contribution in [0.2, 0.25) is 0 Å². The van der Waals surface area contributed by atoms with Crippen molar-refractivity contribution < 1.29 is 25.0 Å². The van der Waals surface area contributed by atoms with Gasteiger partial charge >= 0.3 is 0 Å². The van der Waals surface area contributed by atoms with Crippen molar-refractivity contribution in [1.82, 2.24) is 0 Å². The Morgan fingerprint density at radius 2 is 1.40 bits per heavy atom. The lowest BCUT2D eigenvalue weighted by Crippen LogP contribution is -2.74. The average molecular weight is 232 g/mol. The first-order valence-electron chi connectivity index (χ1n) is 4.03. The number of hydrogen-bond acceptors (Lipinski definition) is 5. The predicted octanol–water partition coefficient (Wildman–Crippen LogP) is -3.34. The minimum atomic E-state index is -4.14. The minimum Gasteiger partial charge on any atom is -0.811 e. The van der Waals surface area contributed by atoms with E-state index >= 15 is 0 Å². The summed E-state index contributed by atoms with van der Waals surface area (Å²) >= 11 is 0. The second-order valence-electron chi connectivity index (χ2n) is 2.44. The van der Waals surface area contributed by atoms with Gasteiger partial charge in [-0.25, -0.2) is 9.98 Å². The molecular formula is C7H13N4O3P. The molecule has 4 N–H and O–H groups in total. The molecule has 0 atom stereocenters. The number of nitrogens with zero attached hydrogens (tertiary/aromatic N) is 2. The normalized spacial score (nSPS) is 15.7. The molecule has 0 spiro atoms. The smallest absolute Gasteiger partial charge is 0.191 e. The zero-order valence-electron chi connectivity index (χ0n) is 8.19. The van der Waals surface area contributed by atoms with Crippen LogP contribution in [-0.4, -0.2) is 19.3 Å². The highest BCUT2D eigenvalue weighted by Crippen LogP contribution is 2.12. The molecule has 0 fully saturated rings. The molecule has 2 rings (SSSR count). The summed E-state index contributed by atoms with van der Waals surface area (Å²) in [5, 5.41) is 3.78. The molecule has 2 aliphatic rings. The molecule has 84 valence electrons. The molecule has 0 aromatic rings. The van der Waals surface area contributed by atoms with E-state index in [0.29, 0.717) is 6.66 Å². The molecule has 0 aromatic carbocycles. The summed E-state index contributed by atoms with van der Waals surface area (Å²) in [4.78, 5) is 25.7. The molecule has 0 aliphatic carbocycles. The quantitative estimate of drug-likeness (QED) is 0.424. The van der Waals surface area contributed by atoms with Gasteiger partial charge in [0.25, 0.3) is 0 Å². The Labute approximate surface area is 87.5 Å². The average Bonchev–Trinajstić information content (AvgIpc) is 2.81. The zero-order valence-corrected chi connectivity index (χ0v) is 9.08. The van der Waals surface area contributed by atoms with Crippen molar-refractivity contribution in [1.29, 1.82) is 0 Å². The summed E-state index contributed by atoms with van der Waals surface area (Å²) < 4.78 is 9.10. The van der Waals surface area contributed by atoms with Crippen LogP contribution in [0.5, 0.6) is 0 Å². The second-order valence-corrected chi connectivity index (χ2v) is 3.98. The van der Waals surface area contributed by atoms with Gasteiger partial charge in [-0.2, -0.15) is 0 Å². The summed E-state index contributed by atoms with van der Waals surface area (Å²) in [7, 11) is -4.14. The van der Waals surface area contributed by atoms with E-state index in [2.05, 4.69) is 9.98 Å². The number of hydrogen-bond donors (Lipinski definition) is 2. The van der Waals surface area contributed by atoms with Crippen molar-refractivity contribution in [2.45, 2.75) is 0 Å². The van der Waals surface area contributed by atoms with Crippen molar-refractivity contribution in [2.24, 2.45) is 9.98 Å². The Kier molecular flexibility index (Phi) is 7.61. The van der Waals surface area contributed by atoms with E-state index in [1.165, 1.54) is 0 Å². The Bertz CT molecular complexity index is 268. The van der Waals surface area contributed by atoms with Crippen molar-refractivity contribution >= 4 is 20.3 Å². The van der Waals surface area contributed by atoms with E-state index in [9.17, 15) is 0 Å². The van der Waals surface area contributed by atoms with E-state index in [1.54, 1.807) is 25.1 Å². The summed E-state index contributed by atoms with van der Waals surface area (Å²) in [5.41, 5.74) is 0. The van der Waals surface area contributed by atoms with Gasteiger partial charge in [-0.05, 0) is 6.66 Å². The maximum absolute atomic E-state index is 9.10. The van der Waals surface area contributed by atoms with Crippen molar-refractivity contribution in [3.05, 3.63) is 24.8 Å². The van der Waals surface area contributed by atoms with Crippen LogP contribution in [0, 0.1) is 0 Å². The minimum absolute atomic E-state index is 0.632. The lowest BCUT2D eigenvalue weighted by atomic mass is 11.0. The van der Waals surface area contributed by atoms with E-state index in [4.69, 9.17) is 14.4 Å². The first kappa shape index (κ1) is 13.9. The molecule has 0 bridgehead atoms. The molecule has 15 heavy (non-hydrogen) atoms. The SMILES string of the molecule is C1=C[NH2+]C=N1.C1=C[NH2+]C=N1.CP(=O)([O-])[O-].